The minimum Gasteiger partial charge on any atom is -0.383 e. The van der Waals surface area contributed by atoms with E-state index in [9.17, 15) is 13.2 Å². The van der Waals surface area contributed by atoms with Gasteiger partial charge in [0.1, 0.15) is 0 Å². The van der Waals surface area contributed by atoms with E-state index >= 15 is 0 Å². The van der Waals surface area contributed by atoms with E-state index in [1.165, 1.54) is 12.1 Å². The molecule has 0 saturated carbocycles. The monoisotopic (exact) mass is 270 g/mol. The Labute approximate surface area is 111 Å². The molecule has 0 aromatic heterocycles. The Morgan fingerprint density at radius 1 is 1.26 bits per heavy atom. The van der Waals surface area contributed by atoms with E-state index in [-0.39, 0.29) is 11.6 Å². The van der Waals surface area contributed by atoms with Gasteiger partial charge in [-0.1, -0.05) is 13.8 Å². The van der Waals surface area contributed by atoms with Gasteiger partial charge in [0.25, 0.3) is 0 Å². The van der Waals surface area contributed by atoms with Crippen molar-refractivity contribution >= 4 is 5.69 Å². The molecule has 1 aromatic rings. The van der Waals surface area contributed by atoms with Gasteiger partial charge in [-0.25, -0.2) is 0 Å². The summed E-state index contributed by atoms with van der Waals surface area (Å²) in [6, 6.07) is 5.30. The van der Waals surface area contributed by atoms with Crippen LogP contribution in [0, 0.1) is 17.2 Å². The summed E-state index contributed by atoms with van der Waals surface area (Å²) in [5.74, 6) is 0.493. The highest BCUT2D eigenvalue weighted by Gasteiger charge is 2.33. The first-order chi connectivity index (χ1) is 8.74. The third-order valence-electron chi connectivity index (χ3n) is 2.68. The van der Waals surface area contributed by atoms with Crippen LogP contribution in [0.3, 0.4) is 0 Å². The minimum atomic E-state index is -4.49. The van der Waals surface area contributed by atoms with Crippen LogP contribution in [0.5, 0.6) is 0 Å². The molecule has 0 radical (unpaired) electrons. The van der Waals surface area contributed by atoms with Crippen LogP contribution in [-0.2, 0) is 6.18 Å². The molecular weight excluding hydrogens is 253 g/mol. The summed E-state index contributed by atoms with van der Waals surface area (Å²) in [5, 5.41) is 11.9. The number of hydrogen-bond acceptors (Lipinski definition) is 2. The molecule has 1 atom stereocenters. The number of nitrogens with zero attached hydrogens (tertiary/aromatic N) is 1. The average molecular weight is 270 g/mol. The van der Waals surface area contributed by atoms with Gasteiger partial charge in [-0.05, 0) is 37.5 Å². The van der Waals surface area contributed by atoms with Crippen molar-refractivity contribution in [1.82, 2.24) is 0 Å². The Morgan fingerprint density at radius 3 is 2.37 bits per heavy atom. The smallest absolute Gasteiger partial charge is 0.383 e. The molecule has 0 amide bonds. The normalized spacial score (nSPS) is 13.2. The highest BCUT2D eigenvalue weighted by atomic mass is 19.4. The number of hydrogen-bond donors (Lipinski definition) is 1. The molecule has 1 rings (SSSR count). The first-order valence-electron chi connectivity index (χ1n) is 6.12. The van der Waals surface area contributed by atoms with Gasteiger partial charge < -0.3 is 5.32 Å². The molecule has 0 aliphatic carbocycles. The van der Waals surface area contributed by atoms with Crippen LogP contribution in [0.1, 0.15) is 38.3 Å². The van der Waals surface area contributed by atoms with Crippen LogP contribution in [-0.4, -0.2) is 6.04 Å². The Balaban J connectivity index is 2.93. The van der Waals surface area contributed by atoms with Gasteiger partial charge >= 0.3 is 6.18 Å². The highest BCUT2D eigenvalue weighted by molar-refractivity contribution is 5.54. The van der Waals surface area contributed by atoms with E-state index < -0.39 is 11.7 Å². The third-order valence-corrected chi connectivity index (χ3v) is 2.68. The van der Waals surface area contributed by atoms with Gasteiger partial charge in [-0.3, -0.25) is 0 Å². The van der Waals surface area contributed by atoms with E-state index in [4.69, 9.17) is 5.26 Å². The van der Waals surface area contributed by atoms with Crippen molar-refractivity contribution < 1.29 is 13.2 Å². The molecule has 1 N–H and O–H groups in total. The van der Waals surface area contributed by atoms with Gasteiger partial charge in [-0.15, -0.1) is 0 Å². The zero-order valence-electron chi connectivity index (χ0n) is 11.2. The van der Waals surface area contributed by atoms with Crippen molar-refractivity contribution in [2.24, 2.45) is 5.92 Å². The van der Waals surface area contributed by atoms with Crippen LogP contribution in [0.4, 0.5) is 18.9 Å². The second kappa shape index (κ2) is 5.96. The fourth-order valence-corrected chi connectivity index (χ4v) is 2.02. The lowest BCUT2D eigenvalue weighted by Crippen LogP contribution is -2.18. The summed E-state index contributed by atoms with van der Waals surface area (Å²) in [6.45, 7) is 6.11. The molecule has 5 heteroatoms. The topological polar surface area (TPSA) is 35.8 Å². The Kier molecular flexibility index (Phi) is 4.82. The molecule has 1 unspecified atom stereocenters. The van der Waals surface area contributed by atoms with Crippen LogP contribution in [0.15, 0.2) is 18.2 Å². The van der Waals surface area contributed by atoms with Gasteiger partial charge in [0.15, 0.2) is 0 Å². The van der Waals surface area contributed by atoms with Crippen LogP contribution < -0.4 is 5.32 Å². The molecule has 104 valence electrons. The molecule has 0 heterocycles. The van der Waals surface area contributed by atoms with Gasteiger partial charge in [-0.2, -0.15) is 18.4 Å². The predicted molar refractivity (Wildman–Crippen MR) is 68.7 cm³/mol. The molecular formula is C14H17F3N2. The van der Waals surface area contributed by atoms with E-state index in [1.807, 2.05) is 6.92 Å². The fourth-order valence-electron chi connectivity index (χ4n) is 2.02. The van der Waals surface area contributed by atoms with E-state index in [2.05, 4.69) is 19.2 Å². The first kappa shape index (κ1) is 15.4. The van der Waals surface area contributed by atoms with Crippen molar-refractivity contribution in [3.05, 3.63) is 29.3 Å². The minimum absolute atomic E-state index is 0.142. The largest absolute Gasteiger partial charge is 0.417 e. The lowest BCUT2D eigenvalue weighted by molar-refractivity contribution is -0.137. The van der Waals surface area contributed by atoms with Crippen molar-refractivity contribution in [1.29, 1.82) is 5.26 Å². The van der Waals surface area contributed by atoms with Crippen molar-refractivity contribution in [2.75, 3.05) is 5.32 Å². The van der Waals surface area contributed by atoms with E-state index in [0.29, 0.717) is 11.6 Å². The fraction of sp³-hybridized carbons (Fsp3) is 0.500. The SMILES string of the molecule is CC(C)CC(C)Nc1ccc(C(F)(F)F)c(C#N)c1. The summed E-state index contributed by atoms with van der Waals surface area (Å²) >= 11 is 0. The molecule has 0 spiro atoms. The second-order valence-corrected chi connectivity index (χ2v) is 5.04. The first-order valence-corrected chi connectivity index (χ1v) is 6.12. The van der Waals surface area contributed by atoms with Crippen molar-refractivity contribution in [3.8, 4) is 6.07 Å². The number of rotatable bonds is 4. The summed E-state index contributed by atoms with van der Waals surface area (Å²) in [4.78, 5) is 0. The lowest BCUT2D eigenvalue weighted by Gasteiger charge is -2.18. The number of anilines is 1. The summed E-state index contributed by atoms with van der Waals surface area (Å²) in [7, 11) is 0. The van der Waals surface area contributed by atoms with Crippen molar-refractivity contribution in [3.63, 3.8) is 0 Å². The molecule has 0 aliphatic rings. The Bertz CT molecular complexity index is 473. The van der Waals surface area contributed by atoms with Crippen molar-refractivity contribution in [2.45, 2.75) is 39.4 Å². The molecule has 0 bridgehead atoms. The Hall–Kier alpha value is -1.70. The highest BCUT2D eigenvalue weighted by Crippen LogP contribution is 2.33. The number of nitrogens with one attached hydrogen (secondary N) is 1. The summed E-state index contributed by atoms with van der Waals surface area (Å²) in [6.07, 6.45) is -3.59. The van der Waals surface area contributed by atoms with E-state index in [0.717, 1.165) is 12.5 Å². The number of nitriles is 1. The standard InChI is InChI=1S/C14H17F3N2/c1-9(2)6-10(3)19-12-4-5-13(14(15,16)17)11(7-12)8-18/h4-5,7,9-10,19H,6H2,1-3H3. The predicted octanol–water partition coefficient (Wildman–Crippen LogP) is 4.42. The third kappa shape index (κ3) is 4.47. The number of halogens is 3. The number of alkyl halides is 3. The van der Waals surface area contributed by atoms with Gasteiger partial charge in [0.2, 0.25) is 0 Å². The zero-order chi connectivity index (χ0) is 14.6. The molecule has 0 fully saturated rings. The Morgan fingerprint density at radius 2 is 1.89 bits per heavy atom. The molecule has 0 saturated heterocycles. The molecule has 0 aliphatic heterocycles. The molecule has 2 nitrogen and oxygen atoms in total. The zero-order valence-corrected chi connectivity index (χ0v) is 11.2. The maximum absolute atomic E-state index is 12.6. The van der Waals surface area contributed by atoms with Crippen LogP contribution in [0.25, 0.3) is 0 Å². The van der Waals surface area contributed by atoms with E-state index in [1.54, 1.807) is 6.07 Å². The summed E-state index contributed by atoms with van der Waals surface area (Å²) in [5.41, 5.74) is -0.705. The maximum Gasteiger partial charge on any atom is 0.417 e. The lowest BCUT2D eigenvalue weighted by atomic mass is 10.0. The van der Waals surface area contributed by atoms with Gasteiger partial charge in [0, 0.05) is 11.7 Å². The molecule has 19 heavy (non-hydrogen) atoms. The quantitative estimate of drug-likeness (QED) is 0.878. The second-order valence-electron chi connectivity index (χ2n) is 5.04. The maximum atomic E-state index is 12.6. The number of benzene rings is 1. The van der Waals surface area contributed by atoms with Crippen LogP contribution in [0.2, 0.25) is 0 Å². The van der Waals surface area contributed by atoms with Crippen LogP contribution >= 0.6 is 0 Å². The van der Waals surface area contributed by atoms with Gasteiger partial charge in [0.05, 0.1) is 17.2 Å². The summed E-state index contributed by atoms with van der Waals surface area (Å²) < 4.78 is 37.9. The average Bonchev–Trinajstić information content (AvgIpc) is 2.25. The molecule has 1 aromatic carbocycles.